The molecule has 0 saturated carbocycles. The first-order valence-corrected chi connectivity index (χ1v) is 16.6. The number of nitrogens with one attached hydrogen (secondary N) is 2. The number of pyridine rings is 2. The molecule has 3 N–H and O–H groups in total. The second-order valence-corrected chi connectivity index (χ2v) is 11.3. The standard InChI is InChI=1S/C19H21N3O5.C19H23N3O3/c1-22(18(24)9-11-21-17-4-2-3-10-20-17)12-16(23)14-5-7-15(8-6-14)27-13-19(25)26;1-3-25-16-9-7-15(8-10-16)17(23)14-22(2)19(24)11-13-21-18-6-4-5-12-20-18/h2-8,10H,9,11-13H2,1H3,(H,20,21)(H,25,26);4-10,12H,3,11,13-14H2,1-2H3,(H,20,21). The first kappa shape index (κ1) is 40.1. The molecule has 2 heterocycles. The number of aromatic nitrogens is 2. The van der Waals surface area contributed by atoms with Crippen molar-refractivity contribution in [1.29, 1.82) is 0 Å². The van der Waals surface area contributed by atoms with Crippen LogP contribution in [0.3, 0.4) is 0 Å². The average molecular weight is 713 g/mol. The summed E-state index contributed by atoms with van der Waals surface area (Å²) in [4.78, 5) is 70.3. The molecule has 52 heavy (non-hydrogen) atoms. The largest absolute Gasteiger partial charge is 0.494 e. The third kappa shape index (κ3) is 14.7. The third-order valence-electron chi connectivity index (χ3n) is 7.26. The number of Topliss-reactive ketones (excluding diaryl/α,β-unsaturated/α-hetero) is 2. The van der Waals surface area contributed by atoms with E-state index in [2.05, 4.69) is 20.6 Å². The minimum atomic E-state index is -1.08. The van der Waals surface area contributed by atoms with Gasteiger partial charge in [0.15, 0.2) is 18.2 Å². The molecular weight excluding hydrogens is 668 g/mol. The molecule has 274 valence electrons. The predicted molar refractivity (Wildman–Crippen MR) is 196 cm³/mol. The maximum Gasteiger partial charge on any atom is 0.341 e. The smallest absolute Gasteiger partial charge is 0.341 e. The van der Waals surface area contributed by atoms with E-state index in [0.717, 1.165) is 11.6 Å². The molecule has 0 spiro atoms. The predicted octanol–water partition coefficient (Wildman–Crippen LogP) is 4.31. The Kier molecular flexibility index (Phi) is 16.7. The first-order valence-electron chi connectivity index (χ1n) is 16.6. The lowest BCUT2D eigenvalue weighted by Crippen LogP contribution is -2.33. The summed E-state index contributed by atoms with van der Waals surface area (Å²) in [5, 5.41) is 14.7. The van der Waals surface area contributed by atoms with Crippen LogP contribution in [0.5, 0.6) is 11.5 Å². The third-order valence-corrected chi connectivity index (χ3v) is 7.26. The quantitative estimate of drug-likeness (QED) is 0.117. The van der Waals surface area contributed by atoms with Crippen LogP contribution in [0.1, 0.15) is 40.5 Å². The van der Waals surface area contributed by atoms with Crippen LogP contribution in [0, 0.1) is 0 Å². The maximum absolute atomic E-state index is 12.3. The zero-order chi connectivity index (χ0) is 37.7. The fraction of sp³-hybridized carbons (Fsp3) is 0.289. The summed E-state index contributed by atoms with van der Waals surface area (Å²) >= 11 is 0. The number of anilines is 2. The van der Waals surface area contributed by atoms with Gasteiger partial charge in [0.05, 0.1) is 19.7 Å². The number of amides is 2. The van der Waals surface area contributed by atoms with Crippen LogP contribution in [0.2, 0.25) is 0 Å². The molecule has 0 bridgehead atoms. The van der Waals surface area contributed by atoms with Crippen LogP contribution in [0.4, 0.5) is 11.6 Å². The van der Waals surface area contributed by atoms with Crippen LogP contribution >= 0.6 is 0 Å². The Balaban J connectivity index is 0.000000281. The molecular formula is C38H44N6O8. The zero-order valence-corrected chi connectivity index (χ0v) is 29.5. The topological polar surface area (TPSA) is 180 Å². The molecule has 2 aromatic heterocycles. The monoisotopic (exact) mass is 712 g/mol. The molecule has 0 atom stereocenters. The minimum Gasteiger partial charge on any atom is -0.494 e. The maximum atomic E-state index is 12.3. The molecule has 0 radical (unpaired) electrons. The Morgan fingerprint density at radius 3 is 1.42 bits per heavy atom. The summed E-state index contributed by atoms with van der Waals surface area (Å²) < 4.78 is 10.4. The Morgan fingerprint density at radius 2 is 1.06 bits per heavy atom. The van der Waals surface area contributed by atoms with Crippen LogP contribution in [0.15, 0.2) is 97.3 Å². The number of hydrogen-bond acceptors (Lipinski definition) is 11. The molecule has 0 aliphatic rings. The van der Waals surface area contributed by atoms with Crippen molar-refractivity contribution >= 4 is 41.0 Å². The van der Waals surface area contributed by atoms with Crippen LogP contribution in [0.25, 0.3) is 0 Å². The molecule has 0 unspecified atom stereocenters. The average Bonchev–Trinajstić information content (AvgIpc) is 3.15. The summed E-state index contributed by atoms with van der Waals surface area (Å²) in [7, 11) is 3.21. The van der Waals surface area contributed by atoms with Gasteiger partial charge in [0.2, 0.25) is 11.8 Å². The van der Waals surface area contributed by atoms with Crippen LogP contribution in [-0.2, 0) is 14.4 Å². The summed E-state index contributed by atoms with van der Waals surface area (Å²) in [5.41, 5.74) is 0.985. The van der Waals surface area contributed by atoms with Crippen molar-refractivity contribution in [3.8, 4) is 11.5 Å². The highest BCUT2D eigenvalue weighted by Crippen LogP contribution is 2.14. The van der Waals surface area contributed by atoms with Gasteiger partial charge >= 0.3 is 5.97 Å². The normalized spacial score (nSPS) is 10.1. The molecule has 2 aromatic carbocycles. The first-order chi connectivity index (χ1) is 25.0. The van der Waals surface area contributed by atoms with E-state index in [-0.39, 0.29) is 42.9 Å². The van der Waals surface area contributed by atoms with Gasteiger partial charge in [-0.25, -0.2) is 14.8 Å². The van der Waals surface area contributed by atoms with Crippen LogP contribution in [-0.4, -0.2) is 108 Å². The summed E-state index contributed by atoms with van der Waals surface area (Å²) in [6, 6.07) is 24.1. The minimum absolute atomic E-state index is 0.0439. The second-order valence-electron chi connectivity index (χ2n) is 11.3. The zero-order valence-electron chi connectivity index (χ0n) is 29.5. The van der Waals surface area contributed by atoms with E-state index in [1.165, 1.54) is 21.9 Å². The van der Waals surface area contributed by atoms with Crippen molar-refractivity contribution in [3.05, 3.63) is 108 Å². The Bertz CT molecular complexity index is 1720. The van der Waals surface area contributed by atoms with Gasteiger partial charge in [-0.3, -0.25) is 19.2 Å². The van der Waals surface area contributed by atoms with E-state index in [4.69, 9.17) is 14.6 Å². The highest BCUT2D eigenvalue weighted by molar-refractivity contribution is 6.00. The van der Waals surface area contributed by atoms with Gasteiger partial charge in [-0.05, 0) is 79.7 Å². The van der Waals surface area contributed by atoms with Gasteiger partial charge in [-0.15, -0.1) is 0 Å². The molecule has 4 aromatic rings. The number of benzene rings is 2. The Hall–Kier alpha value is -6.31. The molecule has 0 fully saturated rings. The Labute approximate surface area is 302 Å². The van der Waals surface area contributed by atoms with Crippen molar-refractivity contribution < 1.29 is 38.6 Å². The molecule has 2 amide bonds. The molecule has 0 aliphatic carbocycles. The molecule has 0 aliphatic heterocycles. The van der Waals surface area contributed by atoms with Gasteiger partial charge in [-0.1, -0.05) is 12.1 Å². The van der Waals surface area contributed by atoms with Crippen molar-refractivity contribution in [2.45, 2.75) is 19.8 Å². The van der Waals surface area contributed by atoms with Crippen molar-refractivity contribution in [3.63, 3.8) is 0 Å². The Morgan fingerprint density at radius 1 is 0.635 bits per heavy atom. The lowest BCUT2D eigenvalue weighted by Gasteiger charge is -2.16. The van der Waals surface area contributed by atoms with E-state index in [1.54, 1.807) is 69.0 Å². The number of carboxylic acid groups (broad SMARTS) is 1. The summed E-state index contributed by atoms with van der Waals surface area (Å²) in [5.74, 6) is 0.856. The lowest BCUT2D eigenvalue weighted by atomic mass is 10.1. The fourth-order valence-corrected chi connectivity index (χ4v) is 4.49. The summed E-state index contributed by atoms with van der Waals surface area (Å²) in [6.45, 7) is 2.94. The molecule has 4 rings (SSSR count). The fourth-order valence-electron chi connectivity index (χ4n) is 4.49. The number of carboxylic acids is 1. The molecule has 0 saturated heterocycles. The van der Waals surface area contributed by atoms with Crippen LogP contribution < -0.4 is 20.1 Å². The number of ether oxygens (including phenoxy) is 2. The van der Waals surface area contributed by atoms with E-state index >= 15 is 0 Å². The van der Waals surface area contributed by atoms with Crippen molar-refractivity contribution in [2.24, 2.45) is 0 Å². The number of carbonyl (C=O) groups excluding carboxylic acids is 4. The van der Waals surface area contributed by atoms with E-state index in [1.807, 2.05) is 37.3 Å². The number of hydrogen-bond donors (Lipinski definition) is 3. The van der Waals surface area contributed by atoms with Gasteiger partial charge in [0.25, 0.3) is 0 Å². The van der Waals surface area contributed by atoms with Gasteiger partial charge in [-0.2, -0.15) is 0 Å². The number of likely N-dealkylation sites (N-methyl/N-ethyl adjacent to an activating group) is 2. The lowest BCUT2D eigenvalue weighted by molar-refractivity contribution is -0.139. The molecule has 14 nitrogen and oxygen atoms in total. The SMILES string of the molecule is CCOc1ccc(C(=O)CN(C)C(=O)CCNc2ccccn2)cc1.CN(CC(=O)c1ccc(OCC(=O)O)cc1)C(=O)CCNc1ccccn1. The number of carbonyl (C=O) groups is 5. The summed E-state index contributed by atoms with van der Waals surface area (Å²) in [6.07, 6.45) is 3.88. The number of nitrogens with zero attached hydrogens (tertiary/aromatic N) is 4. The van der Waals surface area contributed by atoms with Crippen molar-refractivity contribution in [2.75, 3.05) is 64.1 Å². The van der Waals surface area contributed by atoms with Gasteiger partial charge in [0.1, 0.15) is 23.1 Å². The van der Waals surface area contributed by atoms with E-state index < -0.39 is 12.6 Å². The van der Waals surface area contributed by atoms with Crippen molar-refractivity contribution in [1.82, 2.24) is 19.8 Å². The van der Waals surface area contributed by atoms with E-state index in [0.29, 0.717) is 48.8 Å². The highest BCUT2D eigenvalue weighted by atomic mass is 16.5. The number of ketones is 2. The number of rotatable bonds is 19. The van der Waals surface area contributed by atoms with Gasteiger partial charge in [0, 0.05) is 63.5 Å². The van der Waals surface area contributed by atoms with E-state index in [9.17, 15) is 24.0 Å². The molecule has 14 heteroatoms. The highest BCUT2D eigenvalue weighted by Gasteiger charge is 2.16. The second kappa shape index (κ2) is 21.7. The van der Waals surface area contributed by atoms with Gasteiger partial charge < -0.3 is 35.0 Å². The number of aliphatic carboxylic acids is 1.